The van der Waals surface area contributed by atoms with Gasteiger partial charge in [-0.3, -0.25) is 0 Å². The Morgan fingerprint density at radius 2 is 1.93 bits per heavy atom. The van der Waals surface area contributed by atoms with Gasteiger partial charge in [-0.25, -0.2) is 4.98 Å². The Bertz CT molecular complexity index is 895. The Balaban J connectivity index is 1.58. The Labute approximate surface area is 153 Å². The van der Waals surface area contributed by atoms with Crippen LogP contribution in [0.25, 0.3) is 11.4 Å². The SMILES string of the molecule is FC(F)(F)c1nc(-c2ccc(N3CCNCC3c3ccccc3)nc2)no1. The van der Waals surface area contributed by atoms with Gasteiger partial charge in [-0.1, -0.05) is 35.5 Å². The second-order valence-corrected chi connectivity index (χ2v) is 6.15. The number of aromatic nitrogens is 3. The minimum atomic E-state index is -4.66. The first-order valence-corrected chi connectivity index (χ1v) is 8.42. The Morgan fingerprint density at radius 1 is 1.11 bits per heavy atom. The third-order valence-electron chi connectivity index (χ3n) is 4.40. The topological polar surface area (TPSA) is 67.1 Å². The van der Waals surface area contributed by atoms with Crippen LogP contribution < -0.4 is 10.2 Å². The zero-order valence-electron chi connectivity index (χ0n) is 14.1. The monoisotopic (exact) mass is 375 g/mol. The predicted molar refractivity (Wildman–Crippen MR) is 91.9 cm³/mol. The lowest BCUT2D eigenvalue weighted by Gasteiger charge is -2.37. The van der Waals surface area contributed by atoms with Gasteiger partial charge >= 0.3 is 12.1 Å². The zero-order valence-corrected chi connectivity index (χ0v) is 14.1. The van der Waals surface area contributed by atoms with Gasteiger partial charge in [0, 0.05) is 31.4 Å². The van der Waals surface area contributed by atoms with Crippen LogP contribution in [-0.2, 0) is 6.18 Å². The molecule has 6 nitrogen and oxygen atoms in total. The molecule has 0 bridgehead atoms. The fourth-order valence-electron chi connectivity index (χ4n) is 3.10. The molecule has 1 unspecified atom stereocenters. The molecule has 1 aromatic carbocycles. The molecule has 0 radical (unpaired) electrons. The van der Waals surface area contributed by atoms with Crippen LogP contribution in [0.5, 0.6) is 0 Å². The number of halogens is 3. The molecule has 1 saturated heterocycles. The molecule has 0 amide bonds. The average molecular weight is 375 g/mol. The highest BCUT2D eigenvalue weighted by Gasteiger charge is 2.38. The van der Waals surface area contributed by atoms with Crippen molar-refractivity contribution in [1.29, 1.82) is 0 Å². The van der Waals surface area contributed by atoms with Gasteiger partial charge in [0.15, 0.2) is 0 Å². The molecule has 3 heterocycles. The van der Waals surface area contributed by atoms with Gasteiger partial charge in [-0.05, 0) is 17.7 Å². The second kappa shape index (κ2) is 6.99. The van der Waals surface area contributed by atoms with Gasteiger partial charge in [0.05, 0.1) is 6.04 Å². The lowest BCUT2D eigenvalue weighted by atomic mass is 10.0. The van der Waals surface area contributed by atoms with Gasteiger partial charge in [0.1, 0.15) is 5.82 Å². The van der Waals surface area contributed by atoms with Crippen LogP contribution in [0.4, 0.5) is 19.0 Å². The number of rotatable bonds is 3. The van der Waals surface area contributed by atoms with Crippen LogP contribution in [0.1, 0.15) is 17.5 Å². The van der Waals surface area contributed by atoms with E-state index in [0.29, 0.717) is 5.56 Å². The van der Waals surface area contributed by atoms with Crippen molar-refractivity contribution < 1.29 is 17.7 Å². The van der Waals surface area contributed by atoms with Crippen LogP contribution in [0, 0.1) is 0 Å². The summed E-state index contributed by atoms with van der Waals surface area (Å²) in [4.78, 5) is 9.98. The third-order valence-corrected chi connectivity index (χ3v) is 4.40. The van der Waals surface area contributed by atoms with Crippen molar-refractivity contribution in [2.75, 3.05) is 24.5 Å². The number of nitrogens with zero attached hydrogens (tertiary/aromatic N) is 4. The van der Waals surface area contributed by atoms with E-state index >= 15 is 0 Å². The third kappa shape index (κ3) is 3.63. The van der Waals surface area contributed by atoms with Crippen LogP contribution in [0.15, 0.2) is 53.2 Å². The van der Waals surface area contributed by atoms with Crippen LogP contribution in [0.2, 0.25) is 0 Å². The maximum atomic E-state index is 12.6. The van der Waals surface area contributed by atoms with E-state index < -0.39 is 12.1 Å². The molecule has 1 aliphatic rings. The van der Waals surface area contributed by atoms with Crippen LogP contribution >= 0.6 is 0 Å². The maximum Gasteiger partial charge on any atom is 0.471 e. The Morgan fingerprint density at radius 3 is 2.59 bits per heavy atom. The van der Waals surface area contributed by atoms with Crippen LogP contribution in [0.3, 0.4) is 0 Å². The standard InChI is InChI=1S/C18H16F3N5O/c19-18(20,21)17-24-16(25-27-17)13-6-7-15(23-10-13)26-9-8-22-11-14(26)12-4-2-1-3-5-12/h1-7,10,14,22H,8-9,11H2. The highest BCUT2D eigenvalue weighted by molar-refractivity contribution is 5.56. The quantitative estimate of drug-likeness (QED) is 0.758. The smallest absolute Gasteiger partial charge is 0.347 e. The summed E-state index contributed by atoms with van der Waals surface area (Å²) in [5.74, 6) is -0.761. The average Bonchev–Trinajstić information content (AvgIpc) is 3.20. The molecule has 27 heavy (non-hydrogen) atoms. The Kier molecular flexibility index (Phi) is 4.53. The summed E-state index contributed by atoms with van der Waals surface area (Å²) < 4.78 is 42.1. The van der Waals surface area contributed by atoms with Crippen molar-refractivity contribution in [3.8, 4) is 11.4 Å². The summed E-state index contributed by atoms with van der Waals surface area (Å²) in [6.07, 6.45) is -3.20. The van der Waals surface area contributed by atoms with Gasteiger partial charge in [-0.2, -0.15) is 18.2 Å². The summed E-state index contributed by atoms with van der Waals surface area (Å²) in [7, 11) is 0. The highest BCUT2D eigenvalue weighted by atomic mass is 19.4. The molecule has 3 aromatic rings. The van der Waals surface area contributed by atoms with Crippen molar-refractivity contribution >= 4 is 5.82 Å². The molecule has 0 spiro atoms. The fraction of sp³-hybridized carbons (Fsp3) is 0.278. The van der Waals surface area contributed by atoms with Crippen molar-refractivity contribution in [3.05, 3.63) is 60.1 Å². The van der Waals surface area contributed by atoms with Crippen molar-refractivity contribution in [1.82, 2.24) is 20.4 Å². The van der Waals surface area contributed by atoms with Gasteiger partial charge in [0.25, 0.3) is 0 Å². The van der Waals surface area contributed by atoms with E-state index in [2.05, 4.69) is 42.0 Å². The molecule has 2 aromatic heterocycles. The summed E-state index contributed by atoms with van der Waals surface area (Å²) in [5, 5.41) is 6.77. The number of hydrogen-bond donors (Lipinski definition) is 1. The van der Waals surface area contributed by atoms with Crippen molar-refractivity contribution in [3.63, 3.8) is 0 Å². The number of benzene rings is 1. The number of piperazine rings is 1. The number of pyridine rings is 1. The summed E-state index contributed by atoms with van der Waals surface area (Å²) >= 11 is 0. The number of anilines is 1. The van der Waals surface area contributed by atoms with E-state index in [1.807, 2.05) is 18.2 Å². The normalized spacial score (nSPS) is 17.9. The van der Waals surface area contributed by atoms with Gasteiger partial charge in [0.2, 0.25) is 5.82 Å². The fourth-order valence-corrected chi connectivity index (χ4v) is 3.10. The lowest BCUT2D eigenvalue weighted by molar-refractivity contribution is -0.159. The molecular weight excluding hydrogens is 359 g/mol. The van der Waals surface area contributed by atoms with Crippen molar-refractivity contribution in [2.45, 2.75) is 12.2 Å². The molecule has 1 aliphatic heterocycles. The predicted octanol–water partition coefficient (Wildman–Crippen LogP) is 3.30. The largest absolute Gasteiger partial charge is 0.471 e. The van der Waals surface area contributed by atoms with Gasteiger partial charge < -0.3 is 14.7 Å². The molecule has 0 aliphatic carbocycles. The molecular formula is C18H16F3N5O. The van der Waals surface area contributed by atoms with E-state index in [4.69, 9.17) is 0 Å². The molecule has 140 valence electrons. The minimum absolute atomic E-state index is 0.125. The Hall–Kier alpha value is -2.94. The second-order valence-electron chi connectivity index (χ2n) is 6.15. The van der Waals surface area contributed by atoms with E-state index in [-0.39, 0.29) is 11.9 Å². The molecule has 1 fully saturated rings. The first kappa shape index (κ1) is 17.5. The van der Waals surface area contributed by atoms with E-state index in [1.54, 1.807) is 12.1 Å². The van der Waals surface area contributed by atoms with E-state index in [9.17, 15) is 13.2 Å². The first-order valence-electron chi connectivity index (χ1n) is 8.42. The molecule has 0 saturated carbocycles. The number of hydrogen-bond acceptors (Lipinski definition) is 6. The summed E-state index contributed by atoms with van der Waals surface area (Å²) in [6, 6.07) is 13.6. The van der Waals surface area contributed by atoms with E-state index in [1.165, 1.54) is 11.8 Å². The number of alkyl halides is 3. The maximum absolute atomic E-state index is 12.6. The zero-order chi connectivity index (χ0) is 18.9. The minimum Gasteiger partial charge on any atom is -0.347 e. The van der Waals surface area contributed by atoms with Crippen LogP contribution in [-0.4, -0.2) is 34.8 Å². The first-order chi connectivity index (χ1) is 13.0. The summed E-state index contributed by atoms with van der Waals surface area (Å²) in [5.41, 5.74) is 1.54. The summed E-state index contributed by atoms with van der Waals surface area (Å²) in [6.45, 7) is 2.38. The molecule has 1 atom stereocenters. The highest BCUT2D eigenvalue weighted by Crippen LogP contribution is 2.31. The lowest BCUT2D eigenvalue weighted by Crippen LogP contribution is -2.46. The van der Waals surface area contributed by atoms with E-state index in [0.717, 1.165) is 25.5 Å². The number of nitrogens with one attached hydrogen (secondary N) is 1. The molecule has 1 N–H and O–H groups in total. The molecule has 9 heteroatoms. The molecule has 4 rings (SSSR count). The van der Waals surface area contributed by atoms with Crippen molar-refractivity contribution in [2.24, 2.45) is 0 Å². The van der Waals surface area contributed by atoms with Gasteiger partial charge in [-0.15, -0.1) is 0 Å².